The van der Waals surface area contributed by atoms with Gasteiger partial charge in [-0.1, -0.05) is 28.8 Å². The fourth-order valence-corrected chi connectivity index (χ4v) is 2.99. The second kappa shape index (κ2) is 5.74. The summed E-state index contributed by atoms with van der Waals surface area (Å²) in [7, 11) is 1.79. The van der Waals surface area contributed by atoms with Gasteiger partial charge in [0.2, 0.25) is 0 Å². The van der Waals surface area contributed by atoms with Crippen molar-refractivity contribution in [1.82, 2.24) is 4.90 Å². The van der Waals surface area contributed by atoms with E-state index in [1.54, 1.807) is 18.0 Å². The lowest BCUT2D eigenvalue weighted by atomic mass is 10.1. The Kier molecular flexibility index (Phi) is 4.24. The molecule has 0 radical (unpaired) electrons. The Balaban J connectivity index is 2.25. The lowest BCUT2D eigenvalue weighted by molar-refractivity contribution is 0.0697. The van der Waals surface area contributed by atoms with Gasteiger partial charge in [0.15, 0.2) is 0 Å². The van der Waals surface area contributed by atoms with E-state index in [0.717, 1.165) is 25.7 Å². The Hall–Kier alpha value is -1.36. The minimum absolute atomic E-state index is 0.115. The summed E-state index contributed by atoms with van der Waals surface area (Å²) < 4.78 is 0.607. The van der Waals surface area contributed by atoms with Crippen molar-refractivity contribution in [2.45, 2.75) is 31.7 Å². The molecule has 5 heteroatoms. The average molecular weight is 326 g/mol. The maximum absolute atomic E-state index is 12.4. The van der Waals surface area contributed by atoms with E-state index in [2.05, 4.69) is 15.9 Å². The predicted molar refractivity (Wildman–Crippen MR) is 75.5 cm³/mol. The van der Waals surface area contributed by atoms with Gasteiger partial charge in [-0.3, -0.25) is 4.79 Å². The minimum atomic E-state index is -1.03. The summed E-state index contributed by atoms with van der Waals surface area (Å²) in [4.78, 5) is 25.1. The Morgan fingerprint density at radius 3 is 2.37 bits per heavy atom. The normalized spacial score (nSPS) is 15.5. The van der Waals surface area contributed by atoms with Crippen molar-refractivity contribution in [3.8, 4) is 0 Å². The van der Waals surface area contributed by atoms with Crippen molar-refractivity contribution in [2.75, 3.05) is 7.05 Å². The van der Waals surface area contributed by atoms with Crippen molar-refractivity contribution in [2.24, 2.45) is 0 Å². The molecule has 2 rings (SSSR count). The number of rotatable bonds is 3. The maximum atomic E-state index is 12.4. The highest BCUT2D eigenvalue weighted by atomic mass is 79.9. The molecule has 0 aliphatic heterocycles. The zero-order valence-corrected chi connectivity index (χ0v) is 12.3. The maximum Gasteiger partial charge on any atom is 0.335 e. The zero-order valence-electron chi connectivity index (χ0n) is 10.7. The summed E-state index contributed by atoms with van der Waals surface area (Å²) in [5.74, 6) is -1.14. The summed E-state index contributed by atoms with van der Waals surface area (Å²) in [5.41, 5.74) is 0.540. The van der Waals surface area contributed by atoms with Gasteiger partial charge < -0.3 is 10.0 Å². The third-order valence-electron chi connectivity index (χ3n) is 3.58. The van der Waals surface area contributed by atoms with Crippen LogP contribution in [-0.4, -0.2) is 35.0 Å². The van der Waals surface area contributed by atoms with Crippen LogP contribution < -0.4 is 0 Å². The summed E-state index contributed by atoms with van der Waals surface area (Å²) in [6, 6.07) is 4.87. The molecule has 0 spiro atoms. The second-order valence-electron chi connectivity index (χ2n) is 4.89. The molecule has 19 heavy (non-hydrogen) atoms. The largest absolute Gasteiger partial charge is 0.478 e. The monoisotopic (exact) mass is 325 g/mol. The first kappa shape index (κ1) is 14.1. The zero-order chi connectivity index (χ0) is 14.0. The van der Waals surface area contributed by atoms with Gasteiger partial charge in [-0.2, -0.15) is 0 Å². The Morgan fingerprint density at radius 2 is 1.79 bits per heavy atom. The third-order valence-corrected chi connectivity index (χ3v) is 4.04. The average Bonchev–Trinajstić information content (AvgIpc) is 2.90. The molecular weight excluding hydrogens is 310 g/mol. The van der Waals surface area contributed by atoms with Crippen LogP contribution in [0.1, 0.15) is 46.4 Å². The molecule has 1 aromatic rings. The van der Waals surface area contributed by atoms with E-state index in [9.17, 15) is 9.59 Å². The molecule has 1 amide bonds. The van der Waals surface area contributed by atoms with Gasteiger partial charge in [0, 0.05) is 23.1 Å². The first-order valence-corrected chi connectivity index (χ1v) is 7.09. The van der Waals surface area contributed by atoms with Crippen molar-refractivity contribution >= 4 is 27.8 Å². The number of benzene rings is 1. The van der Waals surface area contributed by atoms with Gasteiger partial charge in [-0.05, 0) is 31.0 Å². The van der Waals surface area contributed by atoms with E-state index in [1.165, 1.54) is 12.1 Å². The molecule has 0 atom stereocenters. The van der Waals surface area contributed by atoms with Crippen LogP contribution in [0.25, 0.3) is 0 Å². The van der Waals surface area contributed by atoms with Gasteiger partial charge in [-0.15, -0.1) is 0 Å². The van der Waals surface area contributed by atoms with Crippen molar-refractivity contribution in [1.29, 1.82) is 0 Å². The second-order valence-corrected chi connectivity index (χ2v) is 5.80. The number of amides is 1. The number of aromatic carboxylic acids is 1. The van der Waals surface area contributed by atoms with E-state index >= 15 is 0 Å². The van der Waals surface area contributed by atoms with Gasteiger partial charge in [0.25, 0.3) is 5.91 Å². The topological polar surface area (TPSA) is 57.6 Å². The smallest absolute Gasteiger partial charge is 0.335 e. The lowest BCUT2D eigenvalue weighted by Gasteiger charge is -2.24. The number of carboxylic acids is 1. The number of carboxylic acid groups (broad SMARTS) is 1. The van der Waals surface area contributed by atoms with Crippen LogP contribution in [0.3, 0.4) is 0 Å². The van der Waals surface area contributed by atoms with E-state index in [4.69, 9.17) is 5.11 Å². The van der Waals surface area contributed by atoms with Crippen LogP contribution in [0.15, 0.2) is 22.7 Å². The van der Waals surface area contributed by atoms with E-state index in [1.807, 2.05) is 0 Å². The Bertz CT molecular complexity index is 509. The molecule has 1 aromatic carbocycles. The lowest BCUT2D eigenvalue weighted by Crippen LogP contribution is -2.35. The van der Waals surface area contributed by atoms with E-state index < -0.39 is 5.97 Å². The Morgan fingerprint density at radius 1 is 1.21 bits per heavy atom. The predicted octanol–water partition coefficient (Wildman–Crippen LogP) is 3.16. The van der Waals surface area contributed by atoms with Gasteiger partial charge >= 0.3 is 5.97 Å². The highest BCUT2D eigenvalue weighted by Gasteiger charge is 2.24. The van der Waals surface area contributed by atoms with Crippen molar-refractivity contribution < 1.29 is 14.7 Å². The van der Waals surface area contributed by atoms with E-state index in [0.29, 0.717) is 10.0 Å². The van der Waals surface area contributed by atoms with Crippen LogP contribution in [-0.2, 0) is 0 Å². The molecule has 0 heterocycles. The number of carbonyl (C=O) groups is 2. The molecule has 102 valence electrons. The number of carbonyl (C=O) groups excluding carboxylic acids is 1. The molecule has 0 saturated heterocycles. The van der Waals surface area contributed by atoms with Gasteiger partial charge in [0.1, 0.15) is 0 Å². The fourth-order valence-electron chi connectivity index (χ4n) is 2.50. The van der Waals surface area contributed by atoms with Gasteiger partial charge in [0.05, 0.1) is 5.56 Å². The number of halogens is 1. The summed E-state index contributed by atoms with van der Waals surface area (Å²) >= 11 is 3.25. The molecule has 0 aromatic heterocycles. The standard InChI is InChI=1S/C14H16BrNO3/c1-16(12-4-2-3-5-12)13(17)9-6-10(14(18)19)8-11(15)7-9/h6-8,12H,2-5H2,1H3,(H,18,19). The van der Waals surface area contributed by atoms with Gasteiger partial charge in [-0.25, -0.2) is 4.79 Å². The first-order valence-electron chi connectivity index (χ1n) is 6.30. The molecular formula is C14H16BrNO3. The summed E-state index contributed by atoms with van der Waals surface area (Å²) in [5, 5.41) is 9.02. The van der Waals surface area contributed by atoms with E-state index in [-0.39, 0.29) is 17.5 Å². The fraction of sp³-hybridized carbons (Fsp3) is 0.429. The molecule has 1 aliphatic carbocycles. The highest BCUT2D eigenvalue weighted by molar-refractivity contribution is 9.10. The SMILES string of the molecule is CN(C(=O)c1cc(Br)cc(C(=O)O)c1)C1CCCC1. The Labute approximate surface area is 120 Å². The van der Waals surface area contributed by atoms with Crippen LogP contribution in [0.2, 0.25) is 0 Å². The number of hydrogen-bond acceptors (Lipinski definition) is 2. The molecule has 0 bridgehead atoms. The quantitative estimate of drug-likeness (QED) is 0.928. The molecule has 1 saturated carbocycles. The van der Waals surface area contributed by atoms with Crippen molar-refractivity contribution in [3.05, 3.63) is 33.8 Å². The molecule has 1 fully saturated rings. The van der Waals surface area contributed by atoms with Crippen LogP contribution in [0.4, 0.5) is 0 Å². The molecule has 1 N–H and O–H groups in total. The molecule has 4 nitrogen and oxygen atoms in total. The third kappa shape index (κ3) is 3.15. The summed E-state index contributed by atoms with van der Waals surface area (Å²) in [6.45, 7) is 0. The molecule has 1 aliphatic rings. The minimum Gasteiger partial charge on any atom is -0.478 e. The van der Waals surface area contributed by atoms with Crippen molar-refractivity contribution in [3.63, 3.8) is 0 Å². The van der Waals surface area contributed by atoms with Crippen LogP contribution >= 0.6 is 15.9 Å². The van der Waals surface area contributed by atoms with Crippen LogP contribution in [0, 0.1) is 0 Å². The first-order chi connectivity index (χ1) is 8.99. The number of nitrogens with zero attached hydrogens (tertiary/aromatic N) is 1. The number of hydrogen-bond donors (Lipinski definition) is 1. The highest BCUT2D eigenvalue weighted by Crippen LogP contribution is 2.25. The molecule has 0 unspecified atom stereocenters. The van der Waals surface area contributed by atoms with Crippen LogP contribution in [0.5, 0.6) is 0 Å². The summed E-state index contributed by atoms with van der Waals surface area (Å²) in [6.07, 6.45) is 4.37.